The van der Waals surface area contributed by atoms with Crippen molar-refractivity contribution in [3.05, 3.63) is 36.3 Å². The van der Waals surface area contributed by atoms with Crippen LogP contribution >= 0.6 is 0 Å². The number of allylic oxidation sites excluding steroid dienone is 2. The van der Waals surface area contributed by atoms with Gasteiger partial charge in [0.15, 0.2) is 11.9 Å². The largest absolute Gasteiger partial charge is 0.472 e. The topological polar surface area (TPSA) is 162 Å². The first kappa shape index (κ1) is 36.8. The third kappa shape index (κ3) is 4.78. The number of hydrogen-bond acceptors (Lipinski definition) is 11. The van der Waals surface area contributed by atoms with Crippen molar-refractivity contribution in [3.8, 4) is 0 Å². The molecule has 11 heteroatoms. The molecule has 11 nitrogen and oxygen atoms in total. The van der Waals surface area contributed by atoms with Crippen LogP contribution in [0.25, 0.3) is 0 Å². The van der Waals surface area contributed by atoms with Crippen LogP contribution in [0.15, 0.2) is 35.2 Å². The number of epoxide rings is 1. The zero-order valence-corrected chi connectivity index (χ0v) is 30.9. The number of aliphatic hydroxyl groups excluding tert-OH is 2. The molecule has 14 atom stereocenters. The predicted molar refractivity (Wildman–Crippen MR) is 179 cm³/mol. The van der Waals surface area contributed by atoms with E-state index in [1.54, 1.807) is 39.4 Å². The molecular formula is C39H54O11. The molecule has 6 unspecified atom stereocenters. The number of ether oxygens (including phenoxy) is 4. The van der Waals surface area contributed by atoms with Crippen molar-refractivity contribution in [1.82, 2.24) is 0 Å². The van der Waals surface area contributed by atoms with Crippen LogP contribution < -0.4 is 0 Å². The summed E-state index contributed by atoms with van der Waals surface area (Å²) in [5.74, 6) is -4.45. The summed E-state index contributed by atoms with van der Waals surface area (Å²) in [7, 11) is 0. The molecule has 1 aromatic rings. The van der Waals surface area contributed by atoms with E-state index in [-0.39, 0.29) is 30.1 Å². The monoisotopic (exact) mass is 698 g/mol. The minimum atomic E-state index is -1.38. The maximum Gasteiger partial charge on any atom is 0.348 e. The molecule has 1 aromatic heterocycles. The number of rotatable bonds is 9. The van der Waals surface area contributed by atoms with Crippen LogP contribution in [-0.2, 0) is 38.1 Å². The van der Waals surface area contributed by atoms with Crippen molar-refractivity contribution in [3.63, 3.8) is 0 Å². The number of esters is 3. The molecule has 50 heavy (non-hydrogen) atoms. The van der Waals surface area contributed by atoms with E-state index in [2.05, 4.69) is 0 Å². The number of carbonyl (C=O) groups excluding carboxylic acids is 4. The summed E-state index contributed by atoms with van der Waals surface area (Å²) in [6.45, 7) is 18.1. The van der Waals surface area contributed by atoms with Crippen LogP contribution in [0.3, 0.4) is 0 Å². The Bertz CT molecular complexity index is 1560. The highest BCUT2D eigenvalue weighted by Crippen LogP contribution is 2.82. The second-order valence-corrected chi connectivity index (χ2v) is 17.2. The van der Waals surface area contributed by atoms with E-state index in [0.29, 0.717) is 12.8 Å². The van der Waals surface area contributed by atoms with Crippen molar-refractivity contribution >= 4 is 23.7 Å². The molecule has 0 radical (unpaired) electrons. The van der Waals surface area contributed by atoms with E-state index in [1.165, 1.54) is 6.92 Å². The zero-order chi connectivity index (χ0) is 36.9. The van der Waals surface area contributed by atoms with Crippen molar-refractivity contribution < 1.29 is 52.8 Å². The lowest BCUT2D eigenvalue weighted by atomic mass is 9.35. The van der Waals surface area contributed by atoms with E-state index in [4.69, 9.17) is 23.4 Å². The summed E-state index contributed by atoms with van der Waals surface area (Å²) < 4.78 is 30.8. The second-order valence-electron chi connectivity index (χ2n) is 17.2. The lowest BCUT2D eigenvalue weighted by Crippen LogP contribution is -2.77. The van der Waals surface area contributed by atoms with Gasteiger partial charge in [-0.05, 0) is 54.2 Å². The number of fused-ring (bicyclic) bond motifs is 3. The van der Waals surface area contributed by atoms with Gasteiger partial charge in [-0.2, -0.15) is 0 Å². The first-order valence-corrected chi connectivity index (χ1v) is 18.1. The smallest absolute Gasteiger partial charge is 0.348 e. The van der Waals surface area contributed by atoms with E-state index in [1.807, 2.05) is 53.7 Å². The lowest BCUT2D eigenvalue weighted by Gasteiger charge is -2.70. The molecule has 4 fully saturated rings. The minimum absolute atomic E-state index is 0.0774. The minimum Gasteiger partial charge on any atom is -0.472 e. The molecule has 1 saturated heterocycles. The van der Waals surface area contributed by atoms with Crippen molar-refractivity contribution in [2.24, 2.45) is 45.3 Å². The molecule has 5 aliphatic rings. The summed E-state index contributed by atoms with van der Waals surface area (Å²) in [5, 5.41) is 23.9. The summed E-state index contributed by atoms with van der Waals surface area (Å²) in [4.78, 5) is 53.5. The number of hydrogen-bond donors (Lipinski definition) is 2. The van der Waals surface area contributed by atoms with Gasteiger partial charge in [0, 0.05) is 40.9 Å². The number of ketones is 1. The molecule has 2 heterocycles. The van der Waals surface area contributed by atoms with Gasteiger partial charge in [0.05, 0.1) is 24.7 Å². The van der Waals surface area contributed by atoms with Gasteiger partial charge in [0.2, 0.25) is 6.10 Å². The average molecular weight is 699 g/mol. The Morgan fingerprint density at radius 1 is 1.02 bits per heavy atom. The van der Waals surface area contributed by atoms with Crippen molar-refractivity contribution in [1.29, 1.82) is 0 Å². The lowest BCUT2D eigenvalue weighted by molar-refractivity contribution is -0.296. The fourth-order valence-electron chi connectivity index (χ4n) is 11.3. The molecule has 1 aliphatic heterocycles. The van der Waals surface area contributed by atoms with E-state index < -0.39 is 93.4 Å². The fraction of sp³-hybridized carbons (Fsp3) is 0.744. The van der Waals surface area contributed by atoms with E-state index in [0.717, 1.165) is 5.56 Å². The highest BCUT2D eigenvalue weighted by molar-refractivity contribution is 5.96. The van der Waals surface area contributed by atoms with E-state index >= 15 is 0 Å². The van der Waals surface area contributed by atoms with Crippen LogP contribution in [0.5, 0.6) is 0 Å². The quantitative estimate of drug-likeness (QED) is 0.205. The Balaban J connectivity index is 1.56. The second kappa shape index (κ2) is 12.0. The summed E-state index contributed by atoms with van der Waals surface area (Å²) in [6, 6.07) is 1.86. The molecule has 6 rings (SSSR count). The van der Waals surface area contributed by atoms with Gasteiger partial charge in [-0.3, -0.25) is 9.59 Å². The standard InChI is InChI=1S/C39H54O11/c1-11-20(4)30(47-21(5)40)34(45)49-32-29(43)31-36(8)14-12-25(41)35(6,7)24(36)17-26(48-33(44)28(42)19(2)3)38(31,10)39-27(50-39)16-23(37(32,39)9)22-13-15-46-18-22/h12-15,18-20,23-24,26-32,42-43H,11,16-17H2,1-10H3/t20?,23-,24?,26+,27+,28?,29?,30?,31?,32-,36-,37+,38+,39+/m0/s1. The Kier molecular flexibility index (Phi) is 8.84. The Labute approximate surface area is 294 Å². The highest BCUT2D eigenvalue weighted by atomic mass is 16.6. The van der Waals surface area contributed by atoms with Gasteiger partial charge in [0.25, 0.3) is 0 Å². The van der Waals surface area contributed by atoms with Crippen LogP contribution in [0.1, 0.15) is 100.0 Å². The number of aliphatic hydroxyl groups is 2. The van der Waals surface area contributed by atoms with Gasteiger partial charge in [0.1, 0.15) is 17.8 Å². The van der Waals surface area contributed by atoms with Gasteiger partial charge in [-0.15, -0.1) is 0 Å². The summed E-state index contributed by atoms with van der Waals surface area (Å²) >= 11 is 0. The Hall–Kier alpha value is -3.02. The molecule has 276 valence electrons. The average Bonchev–Trinajstić information content (AvgIpc) is 3.40. The fourth-order valence-corrected chi connectivity index (χ4v) is 11.3. The maximum absolute atomic E-state index is 14.2. The van der Waals surface area contributed by atoms with Crippen LogP contribution in [0, 0.1) is 45.3 Å². The highest BCUT2D eigenvalue weighted by Gasteiger charge is 2.91. The predicted octanol–water partition coefficient (Wildman–Crippen LogP) is 4.92. The molecular weight excluding hydrogens is 644 g/mol. The molecule has 2 N–H and O–H groups in total. The van der Waals surface area contributed by atoms with Crippen molar-refractivity contribution in [2.45, 2.75) is 137 Å². The molecule has 0 amide bonds. The normalized spacial score (nSPS) is 42.7. The van der Waals surface area contributed by atoms with Gasteiger partial charge < -0.3 is 33.6 Å². The first-order chi connectivity index (χ1) is 23.2. The molecule has 4 aliphatic carbocycles. The third-order valence-electron chi connectivity index (χ3n) is 14.0. The summed E-state index contributed by atoms with van der Waals surface area (Å²) in [5.41, 5.74) is -4.15. The molecule has 0 bridgehead atoms. The molecule has 3 saturated carbocycles. The van der Waals surface area contributed by atoms with Gasteiger partial charge in [-0.1, -0.05) is 68.4 Å². The van der Waals surface area contributed by atoms with Crippen LogP contribution in [-0.4, -0.2) is 76.1 Å². The Morgan fingerprint density at radius 2 is 1.70 bits per heavy atom. The summed E-state index contributed by atoms with van der Waals surface area (Å²) in [6.07, 6.45) is 1.71. The number of carbonyl (C=O) groups is 4. The Morgan fingerprint density at radius 3 is 2.28 bits per heavy atom. The van der Waals surface area contributed by atoms with Crippen LogP contribution in [0.4, 0.5) is 0 Å². The third-order valence-corrected chi connectivity index (χ3v) is 14.0. The molecule has 0 aromatic carbocycles. The van der Waals surface area contributed by atoms with Crippen LogP contribution in [0.2, 0.25) is 0 Å². The SMILES string of the molecule is CCC(C)C(OC(C)=O)C(=O)O[C@H]1C(O)C2[C@@]3(C)C=CC(=O)C(C)(C)C3C[C@@H](OC(=O)C(O)C(C)C)[C@@]2(C)[C@@]23O[C@@H]2C[C@@H](c2ccoc2)[C@]13C. The van der Waals surface area contributed by atoms with Gasteiger partial charge >= 0.3 is 17.9 Å². The van der Waals surface area contributed by atoms with Crippen molar-refractivity contribution in [2.75, 3.05) is 0 Å². The zero-order valence-electron chi connectivity index (χ0n) is 30.9. The molecule has 1 spiro atoms. The number of furan rings is 1. The first-order valence-electron chi connectivity index (χ1n) is 18.1. The van der Waals surface area contributed by atoms with Gasteiger partial charge in [-0.25, -0.2) is 9.59 Å². The van der Waals surface area contributed by atoms with E-state index in [9.17, 15) is 29.4 Å². The maximum atomic E-state index is 14.2.